The number of likely N-dealkylation sites (tertiary alicyclic amines) is 1. The van der Waals surface area contributed by atoms with E-state index in [-0.39, 0.29) is 0 Å². The smallest absolute Gasteiger partial charge is 0.169 e. The lowest BCUT2D eigenvalue weighted by atomic mass is 9.74. The van der Waals surface area contributed by atoms with Gasteiger partial charge in [-0.1, -0.05) is 19.1 Å². The van der Waals surface area contributed by atoms with E-state index in [0.29, 0.717) is 18.0 Å². The summed E-state index contributed by atoms with van der Waals surface area (Å²) < 4.78 is 0. The summed E-state index contributed by atoms with van der Waals surface area (Å²) in [6.45, 7) is 10.8. The van der Waals surface area contributed by atoms with Crippen LogP contribution < -0.4 is 5.32 Å². The van der Waals surface area contributed by atoms with Crippen molar-refractivity contribution in [2.24, 2.45) is 0 Å². The third kappa shape index (κ3) is 3.36. The van der Waals surface area contributed by atoms with Crippen LogP contribution in [0.4, 0.5) is 0 Å². The van der Waals surface area contributed by atoms with E-state index in [2.05, 4.69) is 65.3 Å². The summed E-state index contributed by atoms with van der Waals surface area (Å²) in [6, 6.07) is 7.80. The zero-order valence-corrected chi connectivity index (χ0v) is 17.6. The molecule has 1 aliphatic heterocycles. The minimum atomic E-state index is 0.418. The molecule has 0 radical (unpaired) electrons. The van der Waals surface area contributed by atoms with Crippen LogP contribution in [-0.4, -0.2) is 58.2 Å². The molecule has 0 saturated carbocycles. The quantitative estimate of drug-likeness (QED) is 0.767. The van der Waals surface area contributed by atoms with Crippen LogP contribution in [0.2, 0.25) is 0 Å². The number of hydrogen-bond acceptors (Lipinski definition) is 2. The lowest BCUT2D eigenvalue weighted by Gasteiger charge is -2.47. The van der Waals surface area contributed by atoms with Gasteiger partial charge in [0.1, 0.15) is 0 Å². The molecule has 2 heterocycles. The highest BCUT2D eigenvalue weighted by atomic mass is 32.1. The van der Waals surface area contributed by atoms with Crippen LogP contribution in [0, 0.1) is 0 Å². The Hall–Kier alpha value is -1.59. The number of nitrogens with zero attached hydrogens (tertiary/aromatic N) is 2. The van der Waals surface area contributed by atoms with E-state index in [0.717, 1.165) is 44.1 Å². The average Bonchev–Trinajstić information content (AvgIpc) is 3.08. The largest absolute Gasteiger partial charge is 0.361 e. The maximum absolute atomic E-state index is 5.71. The first kappa shape index (κ1) is 18.8. The molecule has 0 unspecified atom stereocenters. The highest BCUT2D eigenvalue weighted by molar-refractivity contribution is 7.80. The number of rotatable bonds is 5. The molecular weight excluding hydrogens is 352 g/mol. The van der Waals surface area contributed by atoms with E-state index in [1.807, 2.05) is 0 Å². The second-order valence-corrected chi connectivity index (χ2v) is 8.40. The molecule has 0 amide bonds. The van der Waals surface area contributed by atoms with Gasteiger partial charge in [-0.2, -0.15) is 0 Å². The normalized spacial score (nSPS) is 24.6. The van der Waals surface area contributed by atoms with Crippen LogP contribution in [-0.2, 0) is 6.42 Å². The number of aromatic nitrogens is 1. The molecule has 5 heteroatoms. The van der Waals surface area contributed by atoms with Gasteiger partial charge in [-0.05, 0) is 69.1 Å². The van der Waals surface area contributed by atoms with Gasteiger partial charge in [0.15, 0.2) is 5.11 Å². The summed E-state index contributed by atoms with van der Waals surface area (Å²) >= 11 is 5.71. The number of hydrogen-bond donors (Lipinski definition) is 2. The van der Waals surface area contributed by atoms with Crippen LogP contribution in [0.5, 0.6) is 0 Å². The summed E-state index contributed by atoms with van der Waals surface area (Å²) in [5.41, 5.74) is 4.31. The second-order valence-electron chi connectivity index (χ2n) is 8.01. The third-order valence-corrected chi connectivity index (χ3v) is 6.84. The first-order chi connectivity index (χ1) is 13.2. The van der Waals surface area contributed by atoms with Gasteiger partial charge in [0, 0.05) is 54.7 Å². The maximum atomic E-state index is 5.71. The fraction of sp³-hybridized carbons (Fsp3) is 0.591. The summed E-state index contributed by atoms with van der Waals surface area (Å²) in [5.74, 6) is 0.578. The van der Waals surface area contributed by atoms with E-state index in [1.165, 1.54) is 28.5 Å². The lowest BCUT2D eigenvalue weighted by molar-refractivity contribution is 0.104. The fourth-order valence-corrected chi connectivity index (χ4v) is 5.65. The van der Waals surface area contributed by atoms with Crippen molar-refractivity contribution in [3.05, 3.63) is 35.5 Å². The zero-order chi connectivity index (χ0) is 19.0. The Balaban J connectivity index is 1.63. The maximum Gasteiger partial charge on any atom is 0.169 e. The van der Waals surface area contributed by atoms with Gasteiger partial charge in [-0.15, -0.1) is 0 Å². The van der Waals surface area contributed by atoms with Crippen molar-refractivity contribution in [3.63, 3.8) is 0 Å². The molecule has 1 aliphatic carbocycles. The van der Waals surface area contributed by atoms with Gasteiger partial charge >= 0.3 is 0 Å². The summed E-state index contributed by atoms with van der Waals surface area (Å²) in [4.78, 5) is 8.45. The summed E-state index contributed by atoms with van der Waals surface area (Å²) in [6.07, 6.45) is 5.75. The zero-order valence-electron chi connectivity index (χ0n) is 16.8. The molecule has 2 aliphatic rings. The standard InChI is InChI=1S/C22H32N4S/c1-4-10-26-14-16(24-22(27)25(5-2)6-3)12-18-17-8-7-9-19-21(17)15(13-23-19)11-20(18)26/h7-9,13,16,18,20,23H,4-6,10-12,14H2,1-3H3,(H,24,27)/t16-,18+,20+/m0/s1. The van der Waals surface area contributed by atoms with Gasteiger partial charge in [0.2, 0.25) is 0 Å². The highest BCUT2D eigenvalue weighted by Crippen LogP contribution is 2.43. The second kappa shape index (κ2) is 7.80. The molecule has 1 aromatic carbocycles. The van der Waals surface area contributed by atoms with Gasteiger partial charge in [-0.3, -0.25) is 4.90 Å². The Morgan fingerprint density at radius 2 is 2.11 bits per heavy atom. The van der Waals surface area contributed by atoms with E-state index < -0.39 is 0 Å². The number of fused-ring (bicyclic) bond motifs is 2. The first-order valence-electron chi connectivity index (χ1n) is 10.5. The number of nitrogens with one attached hydrogen (secondary N) is 2. The molecule has 146 valence electrons. The van der Waals surface area contributed by atoms with Crippen molar-refractivity contribution in [1.82, 2.24) is 20.1 Å². The van der Waals surface area contributed by atoms with Crippen molar-refractivity contribution in [2.45, 2.75) is 58.0 Å². The van der Waals surface area contributed by atoms with Crippen LogP contribution in [0.3, 0.4) is 0 Å². The highest BCUT2D eigenvalue weighted by Gasteiger charge is 2.40. The Kier molecular flexibility index (Phi) is 5.42. The molecule has 1 aromatic heterocycles. The van der Waals surface area contributed by atoms with E-state index in [1.54, 1.807) is 0 Å². The number of piperidine rings is 1. The fourth-order valence-electron chi connectivity index (χ4n) is 5.22. The van der Waals surface area contributed by atoms with E-state index in [4.69, 9.17) is 12.2 Å². The Morgan fingerprint density at radius 1 is 1.30 bits per heavy atom. The molecule has 1 saturated heterocycles. The number of benzene rings is 1. The SMILES string of the molecule is CCCN1C[C@@H](NC(=S)N(CC)CC)C[C@@H]2c3cccc4[nH]cc(c34)C[C@H]21. The van der Waals surface area contributed by atoms with Crippen LogP contribution in [0.25, 0.3) is 10.9 Å². The van der Waals surface area contributed by atoms with Crippen LogP contribution in [0.1, 0.15) is 50.7 Å². The van der Waals surface area contributed by atoms with Gasteiger partial charge in [0.25, 0.3) is 0 Å². The van der Waals surface area contributed by atoms with Crippen molar-refractivity contribution >= 4 is 28.2 Å². The Morgan fingerprint density at radius 3 is 2.85 bits per heavy atom. The van der Waals surface area contributed by atoms with Crippen LogP contribution in [0.15, 0.2) is 24.4 Å². The van der Waals surface area contributed by atoms with Gasteiger partial charge in [0.05, 0.1) is 0 Å². The minimum absolute atomic E-state index is 0.418. The number of H-pyrrole nitrogens is 1. The lowest BCUT2D eigenvalue weighted by Crippen LogP contribution is -2.57. The summed E-state index contributed by atoms with van der Waals surface area (Å²) in [7, 11) is 0. The molecular formula is C22H32N4S. The van der Waals surface area contributed by atoms with Crippen molar-refractivity contribution in [1.29, 1.82) is 0 Å². The monoisotopic (exact) mass is 384 g/mol. The molecule has 2 aromatic rings. The molecule has 1 fully saturated rings. The predicted molar refractivity (Wildman–Crippen MR) is 117 cm³/mol. The third-order valence-electron chi connectivity index (χ3n) is 6.46. The number of thiocarbonyl (C=S) groups is 1. The minimum Gasteiger partial charge on any atom is -0.361 e. The first-order valence-corrected chi connectivity index (χ1v) is 10.9. The molecule has 4 rings (SSSR count). The Labute approximate surface area is 168 Å². The molecule has 27 heavy (non-hydrogen) atoms. The summed E-state index contributed by atoms with van der Waals surface area (Å²) in [5, 5.41) is 6.09. The topological polar surface area (TPSA) is 34.3 Å². The molecule has 3 atom stereocenters. The van der Waals surface area contributed by atoms with Crippen molar-refractivity contribution < 1.29 is 0 Å². The average molecular weight is 385 g/mol. The molecule has 4 nitrogen and oxygen atoms in total. The Bertz CT molecular complexity index is 810. The predicted octanol–water partition coefficient (Wildman–Crippen LogP) is 3.88. The molecule has 0 spiro atoms. The van der Waals surface area contributed by atoms with Crippen molar-refractivity contribution in [3.8, 4) is 0 Å². The van der Waals surface area contributed by atoms with Crippen molar-refractivity contribution in [2.75, 3.05) is 26.2 Å². The number of aromatic amines is 1. The van der Waals surface area contributed by atoms with Gasteiger partial charge in [-0.25, -0.2) is 0 Å². The van der Waals surface area contributed by atoms with E-state index in [9.17, 15) is 0 Å². The van der Waals surface area contributed by atoms with Crippen LogP contribution >= 0.6 is 12.2 Å². The molecule has 2 N–H and O–H groups in total. The van der Waals surface area contributed by atoms with Gasteiger partial charge < -0.3 is 15.2 Å². The van der Waals surface area contributed by atoms with E-state index >= 15 is 0 Å². The molecule has 0 bridgehead atoms.